The Hall–Kier alpha value is -2.89. The summed E-state index contributed by atoms with van der Waals surface area (Å²) in [6.07, 6.45) is 5.90. The molecule has 2 unspecified atom stereocenters. The molecule has 2 aliphatic rings. The minimum absolute atomic E-state index is 0.574. The van der Waals surface area contributed by atoms with Crippen molar-refractivity contribution in [2.75, 3.05) is 0 Å². The monoisotopic (exact) mass is 406 g/mol. The molecular formula is C29H30N2. The highest BCUT2D eigenvalue weighted by atomic mass is 15.2. The van der Waals surface area contributed by atoms with Gasteiger partial charge < -0.3 is 0 Å². The summed E-state index contributed by atoms with van der Waals surface area (Å²) in [6, 6.07) is 35.8. The lowest BCUT2D eigenvalue weighted by Gasteiger charge is -2.41. The van der Waals surface area contributed by atoms with Crippen LogP contribution in [0, 0.1) is 17.2 Å². The van der Waals surface area contributed by atoms with Crippen LogP contribution < -0.4 is 0 Å². The van der Waals surface area contributed by atoms with Gasteiger partial charge >= 0.3 is 0 Å². The number of hydrogen-bond donors (Lipinski definition) is 0. The number of nitrogens with zero attached hydrogens (tertiary/aromatic N) is 2. The third-order valence-electron chi connectivity index (χ3n) is 7.51. The number of benzene rings is 3. The normalized spacial score (nSPS) is 23.4. The van der Waals surface area contributed by atoms with Crippen LogP contribution in [0.2, 0.25) is 0 Å². The summed E-state index contributed by atoms with van der Waals surface area (Å²) in [5, 5.41) is 10.5. The first-order valence-electron chi connectivity index (χ1n) is 11.6. The second-order valence-corrected chi connectivity index (χ2v) is 9.33. The Morgan fingerprint density at radius 2 is 1.23 bits per heavy atom. The van der Waals surface area contributed by atoms with Crippen LogP contribution in [0.25, 0.3) is 0 Å². The van der Waals surface area contributed by atoms with Crippen molar-refractivity contribution in [1.82, 2.24) is 4.90 Å². The quantitative estimate of drug-likeness (QED) is 0.478. The summed E-state index contributed by atoms with van der Waals surface area (Å²) < 4.78 is 0. The highest BCUT2D eigenvalue weighted by molar-refractivity contribution is 5.46. The van der Waals surface area contributed by atoms with Crippen molar-refractivity contribution >= 4 is 0 Å². The van der Waals surface area contributed by atoms with Gasteiger partial charge in [0, 0.05) is 18.6 Å². The third kappa shape index (κ3) is 3.91. The van der Waals surface area contributed by atoms with Gasteiger partial charge in [0.1, 0.15) is 5.41 Å². The molecule has 2 nitrogen and oxygen atoms in total. The fourth-order valence-corrected chi connectivity index (χ4v) is 6.06. The van der Waals surface area contributed by atoms with Crippen LogP contribution in [-0.4, -0.2) is 17.0 Å². The summed E-state index contributed by atoms with van der Waals surface area (Å²) in [6.45, 7) is 1.06. The van der Waals surface area contributed by atoms with Crippen molar-refractivity contribution in [3.8, 4) is 6.07 Å². The van der Waals surface area contributed by atoms with Crippen molar-refractivity contribution in [3.63, 3.8) is 0 Å². The zero-order valence-electron chi connectivity index (χ0n) is 18.0. The maximum absolute atomic E-state index is 10.5. The molecule has 5 rings (SSSR count). The first kappa shape index (κ1) is 20.0. The highest BCUT2D eigenvalue weighted by Crippen LogP contribution is 2.46. The average molecular weight is 407 g/mol. The predicted octanol–water partition coefficient (Wildman–Crippen LogP) is 6.33. The summed E-state index contributed by atoms with van der Waals surface area (Å²) >= 11 is 0. The largest absolute Gasteiger partial charge is 0.293 e. The smallest absolute Gasteiger partial charge is 0.107 e. The molecule has 3 aromatic rings. The van der Waals surface area contributed by atoms with E-state index in [1.165, 1.54) is 31.2 Å². The fraction of sp³-hybridized carbons (Fsp3) is 0.345. The van der Waals surface area contributed by atoms with Crippen LogP contribution in [-0.2, 0) is 12.0 Å². The topological polar surface area (TPSA) is 27.0 Å². The van der Waals surface area contributed by atoms with Gasteiger partial charge in [-0.3, -0.25) is 4.90 Å². The van der Waals surface area contributed by atoms with Crippen LogP contribution in [0.1, 0.15) is 48.8 Å². The lowest BCUT2D eigenvalue weighted by Crippen LogP contribution is -2.44. The van der Waals surface area contributed by atoms with Crippen molar-refractivity contribution in [2.45, 2.75) is 56.1 Å². The molecule has 0 spiro atoms. The molecule has 156 valence electrons. The average Bonchev–Trinajstić information content (AvgIpc) is 3.06. The predicted molar refractivity (Wildman–Crippen MR) is 125 cm³/mol. The van der Waals surface area contributed by atoms with Gasteiger partial charge in [0.05, 0.1) is 6.07 Å². The minimum Gasteiger partial charge on any atom is -0.293 e. The Morgan fingerprint density at radius 1 is 0.742 bits per heavy atom. The minimum atomic E-state index is -0.575. The van der Waals surface area contributed by atoms with Crippen LogP contribution in [0.5, 0.6) is 0 Å². The molecule has 0 aliphatic carbocycles. The Labute approximate surface area is 186 Å². The molecule has 0 saturated carbocycles. The van der Waals surface area contributed by atoms with E-state index in [-0.39, 0.29) is 0 Å². The summed E-state index contributed by atoms with van der Waals surface area (Å²) in [7, 11) is 0. The van der Waals surface area contributed by atoms with Gasteiger partial charge in [-0.15, -0.1) is 0 Å². The number of hydrogen-bond acceptors (Lipinski definition) is 2. The summed E-state index contributed by atoms with van der Waals surface area (Å²) in [5.74, 6) is 0.574. The van der Waals surface area contributed by atoms with Crippen molar-refractivity contribution in [2.24, 2.45) is 5.92 Å². The molecule has 2 atom stereocenters. The first-order valence-corrected chi connectivity index (χ1v) is 11.6. The van der Waals surface area contributed by atoms with Gasteiger partial charge in [-0.05, 0) is 54.7 Å². The molecule has 0 amide bonds. The van der Waals surface area contributed by atoms with Crippen LogP contribution in [0.4, 0.5) is 0 Å². The Balaban J connectivity index is 1.40. The molecule has 3 aromatic carbocycles. The molecule has 2 heteroatoms. The molecule has 2 heterocycles. The number of nitriles is 1. The number of fused-ring (bicyclic) bond motifs is 2. The second-order valence-electron chi connectivity index (χ2n) is 9.33. The van der Waals surface area contributed by atoms with Gasteiger partial charge in [-0.25, -0.2) is 0 Å². The van der Waals surface area contributed by atoms with Gasteiger partial charge in [0.2, 0.25) is 0 Å². The van der Waals surface area contributed by atoms with Crippen molar-refractivity contribution < 1.29 is 0 Å². The van der Waals surface area contributed by atoms with E-state index < -0.39 is 5.41 Å². The summed E-state index contributed by atoms with van der Waals surface area (Å²) in [4.78, 5) is 2.74. The zero-order chi connectivity index (χ0) is 21.1. The van der Waals surface area contributed by atoms with Crippen molar-refractivity contribution in [3.05, 3.63) is 108 Å². The Bertz CT molecular complexity index is 969. The van der Waals surface area contributed by atoms with Gasteiger partial charge in [0.25, 0.3) is 0 Å². The van der Waals surface area contributed by atoms with Crippen LogP contribution in [0.15, 0.2) is 91.0 Å². The Kier molecular flexibility index (Phi) is 5.62. The van der Waals surface area contributed by atoms with E-state index in [2.05, 4.69) is 89.8 Å². The first-order chi connectivity index (χ1) is 15.3. The SMILES string of the molecule is N#CC(CC1CC2CCC(C1)N2Cc1ccccc1)(c1ccccc1)c1ccccc1. The van der Waals surface area contributed by atoms with E-state index in [9.17, 15) is 5.26 Å². The molecule has 2 saturated heterocycles. The highest BCUT2D eigenvalue weighted by Gasteiger charge is 2.44. The third-order valence-corrected chi connectivity index (χ3v) is 7.51. The maximum Gasteiger partial charge on any atom is 0.107 e. The lowest BCUT2D eigenvalue weighted by atomic mass is 9.68. The molecule has 31 heavy (non-hydrogen) atoms. The fourth-order valence-electron chi connectivity index (χ4n) is 6.06. The van der Waals surface area contributed by atoms with Gasteiger partial charge in [-0.2, -0.15) is 5.26 Å². The Morgan fingerprint density at radius 3 is 1.71 bits per heavy atom. The molecule has 2 fully saturated rings. The van der Waals surface area contributed by atoms with Crippen molar-refractivity contribution in [1.29, 1.82) is 5.26 Å². The molecule has 2 aliphatic heterocycles. The van der Waals surface area contributed by atoms with E-state index in [1.54, 1.807) is 0 Å². The van der Waals surface area contributed by atoms with E-state index in [1.807, 2.05) is 12.1 Å². The standard InChI is InChI=1S/C29H30N2/c30-22-29(25-12-6-2-7-13-25,26-14-8-3-9-15-26)20-24-18-27-16-17-28(19-24)31(27)21-23-10-4-1-5-11-23/h1-15,24,27-28H,16-21H2. The zero-order valence-corrected chi connectivity index (χ0v) is 18.0. The number of rotatable bonds is 6. The lowest BCUT2D eigenvalue weighted by molar-refractivity contribution is 0.0883. The van der Waals surface area contributed by atoms with E-state index >= 15 is 0 Å². The molecule has 2 bridgehead atoms. The van der Waals surface area contributed by atoms with Gasteiger partial charge in [-0.1, -0.05) is 91.0 Å². The molecule has 0 aromatic heterocycles. The van der Waals surface area contributed by atoms with Crippen LogP contribution in [0.3, 0.4) is 0 Å². The van der Waals surface area contributed by atoms with Crippen LogP contribution >= 0.6 is 0 Å². The van der Waals surface area contributed by atoms with E-state index in [4.69, 9.17) is 0 Å². The molecule has 0 N–H and O–H groups in total. The molecular weight excluding hydrogens is 376 g/mol. The summed E-state index contributed by atoms with van der Waals surface area (Å²) in [5.41, 5.74) is 3.09. The number of piperidine rings is 1. The van der Waals surface area contributed by atoms with Gasteiger partial charge in [0.15, 0.2) is 0 Å². The van der Waals surface area contributed by atoms with E-state index in [0.29, 0.717) is 18.0 Å². The van der Waals surface area contributed by atoms with E-state index in [0.717, 1.165) is 24.1 Å². The second kappa shape index (κ2) is 8.69. The maximum atomic E-state index is 10.5. The molecule has 0 radical (unpaired) electrons.